The van der Waals surface area contributed by atoms with Gasteiger partial charge in [0.25, 0.3) is 5.91 Å². The molecule has 0 saturated heterocycles. The van der Waals surface area contributed by atoms with Crippen molar-refractivity contribution in [2.24, 2.45) is 0 Å². The van der Waals surface area contributed by atoms with Crippen LogP contribution in [0.25, 0.3) is 0 Å². The van der Waals surface area contributed by atoms with Crippen LogP contribution in [0.15, 0.2) is 29.2 Å². The summed E-state index contributed by atoms with van der Waals surface area (Å²) in [5.74, 6) is -0.265. The van der Waals surface area contributed by atoms with Gasteiger partial charge in [0.1, 0.15) is 0 Å². The molecule has 1 amide bonds. The van der Waals surface area contributed by atoms with Crippen LogP contribution in [0.5, 0.6) is 0 Å². The molecule has 0 spiro atoms. The molecule has 1 aromatic carbocycles. The van der Waals surface area contributed by atoms with Crippen LogP contribution in [0.3, 0.4) is 0 Å². The van der Waals surface area contributed by atoms with Crippen molar-refractivity contribution < 1.29 is 13.2 Å². The first-order valence-electron chi connectivity index (χ1n) is 7.36. The molecular weight excluding hydrogens is 338 g/mol. The van der Waals surface area contributed by atoms with E-state index in [9.17, 15) is 13.2 Å². The number of hydrogen-bond acceptors (Lipinski definition) is 4. The molecule has 6 nitrogen and oxygen atoms in total. The van der Waals surface area contributed by atoms with E-state index in [1.807, 2.05) is 19.0 Å². The van der Waals surface area contributed by atoms with E-state index < -0.39 is 10.0 Å². The average Bonchev–Trinajstić information content (AvgIpc) is 2.48. The number of benzene rings is 1. The zero-order valence-corrected chi connectivity index (χ0v) is 15.7. The van der Waals surface area contributed by atoms with Gasteiger partial charge in [-0.2, -0.15) is 4.31 Å². The Kier molecular flexibility index (Phi) is 9.38. The van der Waals surface area contributed by atoms with Crippen LogP contribution >= 0.6 is 12.4 Å². The third kappa shape index (κ3) is 6.10. The van der Waals surface area contributed by atoms with Gasteiger partial charge in [-0.15, -0.1) is 12.4 Å². The molecule has 0 heterocycles. The van der Waals surface area contributed by atoms with Crippen LogP contribution in [-0.2, 0) is 10.0 Å². The van der Waals surface area contributed by atoms with E-state index in [-0.39, 0.29) is 23.2 Å². The van der Waals surface area contributed by atoms with Gasteiger partial charge in [0.2, 0.25) is 10.0 Å². The standard InChI is InChI=1S/C15H25N3O3S.ClH/c1-5-18(6-2)22(20,21)14-9-7-8-13(12-14)15(19)16-10-11-17(3)4;/h7-9,12H,5-6,10-11H2,1-4H3,(H,16,19);1H. The Morgan fingerprint density at radius 1 is 1.17 bits per heavy atom. The Balaban J connectivity index is 0.00000484. The monoisotopic (exact) mass is 363 g/mol. The number of nitrogens with zero attached hydrogens (tertiary/aromatic N) is 2. The summed E-state index contributed by atoms with van der Waals surface area (Å²) in [4.78, 5) is 14.2. The van der Waals surface area contributed by atoms with Crippen LogP contribution in [0.2, 0.25) is 0 Å². The van der Waals surface area contributed by atoms with Gasteiger partial charge in [-0.05, 0) is 32.3 Å². The normalized spacial score (nSPS) is 11.4. The maximum absolute atomic E-state index is 12.5. The Bertz CT molecular complexity index is 602. The Labute approximate surface area is 145 Å². The molecule has 1 N–H and O–H groups in total. The molecule has 0 unspecified atom stereocenters. The van der Waals surface area contributed by atoms with Gasteiger partial charge in [0.05, 0.1) is 4.90 Å². The molecule has 0 fully saturated rings. The van der Waals surface area contributed by atoms with Crippen LogP contribution in [0.1, 0.15) is 24.2 Å². The zero-order valence-electron chi connectivity index (χ0n) is 14.1. The lowest BCUT2D eigenvalue weighted by Crippen LogP contribution is -2.32. The van der Waals surface area contributed by atoms with Crippen molar-refractivity contribution in [1.82, 2.24) is 14.5 Å². The Hall–Kier alpha value is -1.15. The fourth-order valence-corrected chi connectivity index (χ4v) is 3.51. The summed E-state index contributed by atoms with van der Waals surface area (Å²) in [6, 6.07) is 6.16. The van der Waals surface area contributed by atoms with Crippen molar-refractivity contribution in [1.29, 1.82) is 0 Å². The van der Waals surface area contributed by atoms with Crippen LogP contribution in [0, 0.1) is 0 Å². The topological polar surface area (TPSA) is 69.7 Å². The molecule has 0 saturated carbocycles. The Morgan fingerprint density at radius 2 is 1.78 bits per heavy atom. The molecule has 23 heavy (non-hydrogen) atoms. The second kappa shape index (κ2) is 9.87. The predicted octanol–water partition coefficient (Wildman–Crippen LogP) is 1.43. The summed E-state index contributed by atoms with van der Waals surface area (Å²) < 4.78 is 26.3. The molecule has 132 valence electrons. The highest BCUT2D eigenvalue weighted by atomic mass is 35.5. The van der Waals surface area contributed by atoms with Crippen molar-refractivity contribution in [2.75, 3.05) is 40.3 Å². The van der Waals surface area contributed by atoms with Crippen LogP contribution < -0.4 is 5.32 Å². The summed E-state index contributed by atoms with van der Waals surface area (Å²) in [6.07, 6.45) is 0. The summed E-state index contributed by atoms with van der Waals surface area (Å²) in [5.41, 5.74) is 0.354. The van der Waals surface area contributed by atoms with Crippen molar-refractivity contribution in [3.63, 3.8) is 0 Å². The number of carbonyl (C=O) groups is 1. The molecule has 0 atom stereocenters. The largest absolute Gasteiger partial charge is 0.351 e. The van der Waals surface area contributed by atoms with Crippen molar-refractivity contribution in [3.05, 3.63) is 29.8 Å². The van der Waals surface area contributed by atoms with Crippen LogP contribution in [0.4, 0.5) is 0 Å². The summed E-state index contributed by atoms with van der Waals surface area (Å²) in [5, 5.41) is 2.78. The molecule has 1 rings (SSSR count). The second-order valence-electron chi connectivity index (χ2n) is 5.18. The van der Waals surface area contributed by atoms with Gasteiger partial charge in [0, 0.05) is 31.7 Å². The van der Waals surface area contributed by atoms with E-state index in [0.717, 1.165) is 6.54 Å². The predicted molar refractivity (Wildman–Crippen MR) is 94.7 cm³/mol. The van der Waals surface area contributed by atoms with Crippen LogP contribution in [-0.4, -0.2) is 63.8 Å². The van der Waals surface area contributed by atoms with Crippen molar-refractivity contribution >= 4 is 28.3 Å². The minimum Gasteiger partial charge on any atom is -0.351 e. The lowest BCUT2D eigenvalue weighted by atomic mass is 10.2. The van der Waals surface area contributed by atoms with Crippen molar-refractivity contribution in [3.8, 4) is 0 Å². The number of hydrogen-bond donors (Lipinski definition) is 1. The molecule has 0 aliphatic rings. The van der Waals surface area contributed by atoms with E-state index in [0.29, 0.717) is 25.2 Å². The number of likely N-dealkylation sites (N-methyl/N-ethyl adjacent to an activating group) is 1. The van der Waals surface area contributed by atoms with Crippen molar-refractivity contribution in [2.45, 2.75) is 18.7 Å². The maximum atomic E-state index is 12.5. The second-order valence-corrected chi connectivity index (χ2v) is 7.11. The highest BCUT2D eigenvalue weighted by Crippen LogP contribution is 2.16. The first kappa shape index (κ1) is 21.9. The molecule has 0 radical (unpaired) electrons. The fourth-order valence-electron chi connectivity index (χ4n) is 2.01. The summed E-state index contributed by atoms with van der Waals surface area (Å²) in [6.45, 7) is 5.62. The number of carbonyl (C=O) groups excluding carboxylic acids is 1. The van der Waals surface area contributed by atoms with E-state index in [1.165, 1.54) is 16.4 Å². The highest BCUT2D eigenvalue weighted by molar-refractivity contribution is 7.89. The van der Waals surface area contributed by atoms with Gasteiger partial charge in [-0.25, -0.2) is 8.42 Å². The third-order valence-electron chi connectivity index (χ3n) is 3.28. The molecule has 8 heteroatoms. The molecule has 0 aliphatic heterocycles. The first-order chi connectivity index (χ1) is 10.3. The number of amides is 1. The fraction of sp³-hybridized carbons (Fsp3) is 0.533. The number of rotatable bonds is 8. The average molecular weight is 364 g/mol. The van der Waals surface area contributed by atoms with Gasteiger partial charge in [-0.3, -0.25) is 4.79 Å². The smallest absolute Gasteiger partial charge is 0.251 e. The van der Waals surface area contributed by atoms with E-state index >= 15 is 0 Å². The minimum atomic E-state index is -3.55. The SMILES string of the molecule is CCN(CC)S(=O)(=O)c1cccc(C(=O)NCCN(C)C)c1.Cl. The van der Waals surface area contributed by atoms with E-state index in [2.05, 4.69) is 5.32 Å². The quantitative estimate of drug-likeness (QED) is 0.758. The van der Waals surface area contributed by atoms with Gasteiger partial charge in [-0.1, -0.05) is 19.9 Å². The third-order valence-corrected chi connectivity index (χ3v) is 5.33. The number of nitrogens with one attached hydrogen (secondary N) is 1. The lowest BCUT2D eigenvalue weighted by Gasteiger charge is -2.18. The molecule has 0 aliphatic carbocycles. The summed E-state index contributed by atoms with van der Waals surface area (Å²) in [7, 11) is 0.294. The highest BCUT2D eigenvalue weighted by Gasteiger charge is 2.22. The van der Waals surface area contributed by atoms with Gasteiger partial charge in [0.15, 0.2) is 0 Å². The van der Waals surface area contributed by atoms with E-state index in [1.54, 1.807) is 26.0 Å². The summed E-state index contributed by atoms with van der Waals surface area (Å²) >= 11 is 0. The Morgan fingerprint density at radius 3 is 2.30 bits per heavy atom. The molecule has 0 aromatic heterocycles. The number of sulfonamides is 1. The lowest BCUT2D eigenvalue weighted by molar-refractivity contribution is 0.0951. The first-order valence-corrected chi connectivity index (χ1v) is 8.80. The van der Waals surface area contributed by atoms with E-state index in [4.69, 9.17) is 0 Å². The molecule has 0 bridgehead atoms. The molecule has 1 aromatic rings. The van der Waals surface area contributed by atoms with Gasteiger partial charge >= 0.3 is 0 Å². The zero-order chi connectivity index (χ0) is 16.8. The molecular formula is C15H26ClN3O3S. The maximum Gasteiger partial charge on any atom is 0.251 e. The van der Waals surface area contributed by atoms with Gasteiger partial charge < -0.3 is 10.2 Å². The minimum absolute atomic E-state index is 0. The number of halogens is 1.